The molecule has 3 aromatic carbocycles. The lowest BCUT2D eigenvalue weighted by atomic mass is 9.98. The molecule has 0 unspecified atom stereocenters. The van der Waals surface area contributed by atoms with Crippen LogP contribution in [-0.4, -0.2) is 48.2 Å². The summed E-state index contributed by atoms with van der Waals surface area (Å²) in [7, 11) is 3.89. The van der Waals surface area contributed by atoms with E-state index in [2.05, 4.69) is 21.7 Å². The first-order valence-electron chi connectivity index (χ1n) is 17.6. The van der Waals surface area contributed by atoms with Gasteiger partial charge in [0.1, 0.15) is 11.4 Å². The molecule has 1 atom stereocenters. The lowest BCUT2D eigenvalue weighted by Crippen LogP contribution is -2.42. The molecule has 7 aromatic rings. The number of aromatic amines is 1. The summed E-state index contributed by atoms with van der Waals surface area (Å²) in [5.41, 5.74) is 10.5. The Kier molecular flexibility index (Phi) is 8.54. The molecule has 8 rings (SSSR count). The number of hydrogen-bond acceptors (Lipinski definition) is 6. The van der Waals surface area contributed by atoms with Crippen LogP contribution in [0.5, 0.6) is 5.75 Å². The minimum absolute atomic E-state index is 0.106. The van der Waals surface area contributed by atoms with E-state index in [0.717, 1.165) is 77.5 Å². The lowest BCUT2D eigenvalue weighted by Gasteiger charge is -2.34. The number of aryl methyl sites for hydroxylation is 6. The third-order valence-corrected chi connectivity index (χ3v) is 11.4. The van der Waals surface area contributed by atoms with Crippen molar-refractivity contribution in [3.05, 3.63) is 103 Å². The molecular weight excluding hydrogens is 713 g/mol. The number of fused-ring (bicyclic) bond motifs is 4. The highest BCUT2D eigenvalue weighted by Gasteiger charge is 2.37. The predicted octanol–water partition coefficient (Wildman–Crippen LogP) is 8.65. The molecule has 0 radical (unpaired) electrons. The number of nitrogens with zero attached hydrogens (tertiary/aromatic N) is 6. The van der Waals surface area contributed by atoms with Gasteiger partial charge in [-0.3, -0.25) is 9.48 Å². The number of nitrogens with one attached hydrogen (secondary N) is 1. The zero-order valence-corrected chi connectivity index (χ0v) is 32.1. The standard InChI is InChI=1S/C40H39Cl2N7O4/c1-20-15-26(16-21(2)35(20)42)52-14-8-9-27-28-11-12-30(41)34(33-23(4)45-47(7)24(33)5)36(28)49-22(3)18-48(39(50)37(27)49)32-19-46(6)31-13-10-25(17-29(31)32)38-43-44-40(51)53-38/h10-13,15-17,19,22H,8-9,14,18H2,1-7H3,(H,44,51)/t22-/m1/s1. The summed E-state index contributed by atoms with van der Waals surface area (Å²) >= 11 is 13.5. The Morgan fingerprint density at radius 2 is 1.74 bits per heavy atom. The van der Waals surface area contributed by atoms with Crippen LogP contribution < -0.4 is 15.4 Å². The molecule has 0 spiro atoms. The van der Waals surface area contributed by atoms with Gasteiger partial charge >= 0.3 is 5.76 Å². The van der Waals surface area contributed by atoms with Gasteiger partial charge in [0, 0.05) is 76.6 Å². The number of anilines is 1. The fraction of sp³-hybridized carbons (Fsp3) is 0.300. The molecule has 0 saturated heterocycles. The van der Waals surface area contributed by atoms with Crippen molar-refractivity contribution < 1.29 is 13.9 Å². The summed E-state index contributed by atoms with van der Waals surface area (Å²) in [5, 5.41) is 14.3. The van der Waals surface area contributed by atoms with Crippen molar-refractivity contribution in [1.82, 2.24) is 29.1 Å². The first-order chi connectivity index (χ1) is 25.3. The number of ether oxygens (including phenoxy) is 1. The molecule has 11 nitrogen and oxygen atoms in total. The van der Waals surface area contributed by atoms with Crippen molar-refractivity contribution in [2.45, 2.75) is 53.5 Å². The summed E-state index contributed by atoms with van der Waals surface area (Å²) in [4.78, 5) is 28.7. The monoisotopic (exact) mass is 751 g/mol. The normalized spacial score (nSPS) is 14.5. The number of hydrogen-bond donors (Lipinski definition) is 1. The molecule has 1 aliphatic heterocycles. The Bertz CT molecular complexity index is 2650. The van der Waals surface area contributed by atoms with Crippen LogP contribution in [-0.2, 0) is 20.5 Å². The van der Waals surface area contributed by atoms with Crippen LogP contribution in [0.4, 0.5) is 5.69 Å². The van der Waals surface area contributed by atoms with E-state index in [-0.39, 0.29) is 17.8 Å². The number of rotatable bonds is 8. The second kappa shape index (κ2) is 13.0. The van der Waals surface area contributed by atoms with Crippen molar-refractivity contribution in [2.24, 2.45) is 14.1 Å². The minimum atomic E-state index is -0.631. The van der Waals surface area contributed by atoms with Gasteiger partial charge < -0.3 is 23.2 Å². The predicted molar refractivity (Wildman–Crippen MR) is 209 cm³/mol. The molecule has 1 amide bonds. The molecule has 0 fully saturated rings. The second-order valence-electron chi connectivity index (χ2n) is 14.0. The van der Waals surface area contributed by atoms with Gasteiger partial charge in [-0.05, 0) is 101 Å². The van der Waals surface area contributed by atoms with Crippen LogP contribution >= 0.6 is 23.2 Å². The average molecular weight is 753 g/mol. The van der Waals surface area contributed by atoms with Crippen LogP contribution in [0, 0.1) is 27.7 Å². The van der Waals surface area contributed by atoms with Gasteiger partial charge in [-0.2, -0.15) is 5.10 Å². The number of carbonyl (C=O) groups is 1. The van der Waals surface area contributed by atoms with Crippen LogP contribution in [0.15, 0.2) is 57.9 Å². The Morgan fingerprint density at radius 3 is 2.42 bits per heavy atom. The first-order valence-corrected chi connectivity index (χ1v) is 18.3. The van der Waals surface area contributed by atoms with Gasteiger partial charge in [0.25, 0.3) is 5.91 Å². The molecule has 1 N–H and O–H groups in total. The maximum Gasteiger partial charge on any atom is 0.434 e. The Labute approximate surface area is 315 Å². The van der Waals surface area contributed by atoms with E-state index in [1.807, 2.05) is 105 Å². The van der Waals surface area contributed by atoms with E-state index >= 15 is 4.79 Å². The maximum absolute atomic E-state index is 15.1. The summed E-state index contributed by atoms with van der Waals surface area (Å²) in [6, 6.07) is 13.5. The number of halogens is 2. The highest BCUT2D eigenvalue weighted by Crippen LogP contribution is 2.46. The number of carbonyl (C=O) groups excluding carboxylic acids is 1. The third-order valence-electron chi connectivity index (χ3n) is 10.5. The largest absolute Gasteiger partial charge is 0.494 e. The first kappa shape index (κ1) is 34.8. The molecule has 53 heavy (non-hydrogen) atoms. The molecule has 0 saturated carbocycles. The molecule has 1 aliphatic rings. The number of H-pyrrole nitrogens is 1. The van der Waals surface area contributed by atoms with E-state index in [1.165, 1.54) is 0 Å². The van der Waals surface area contributed by atoms with E-state index in [9.17, 15) is 4.79 Å². The fourth-order valence-electron chi connectivity index (χ4n) is 8.01. The zero-order chi connectivity index (χ0) is 37.5. The molecule has 13 heteroatoms. The molecular formula is C40H39Cl2N7O4. The van der Waals surface area contributed by atoms with Crippen LogP contribution in [0.1, 0.15) is 58.0 Å². The van der Waals surface area contributed by atoms with E-state index in [0.29, 0.717) is 42.3 Å². The van der Waals surface area contributed by atoms with Crippen molar-refractivity contribution in [2.75, 3.05) is 18.1 Å². The smallest absolute Gasteiger partial charge is 0.434 e. The van der Waals surface area contributed by atoms with Gasteiger partial charge in [0.15, 0.2) is 0 Å². The Morgan fingerprint density at radius 1 is 0.981 bits per heavy atom. The summed E-state index contributed by atoms with van der Waals surface area (Å²) < 4.78 is 17.6. The highest BCUT2D eigenvalue weighted by molar-refractivity contribution is 6.35. The van der Waals surface area contributed by atoms with Crippen LogP contribution in [0.25, 0.3) is 44.4 Å². The highest BCUT2D eigenvalue weighted by atomic mass is 35.5. The number of aromatic nitrogens is 6. The van der Waals surface area contributed by atoms with Crippen molar-refractivity contribution in [3.8, 4) is 28.3 Å². The maximum atomic E-state index is 15.1. The van der Waals surface area contributed by atoms with Gasteiger partial charge in [0.2, 0.25) is 5.89 Å². The van der Waals surface area contributed by atoms with Gasteiger partial charge in [-0.25, -0.2) is 9.89 Å². The summed E-state index contributed by atoms with van der Waals surface area (Å²) in [6.45, 7) is 11.0. The average Bonchev–Trinajstić information content (AvgIpc) is 3.86. The topological polar surface area (TPSA) is 116 Å². The lowest BCUT2D eigenvalue weighted by molar-refractivity contribution is 0.0957. The number of benzene rings is 3. The van der Waals surface area contributed by atoms with Gasteiger partial charge in [-0.15, -0.1) is 5.10 Å². The molecule has 0 aliphatic carbocycles. The fourth-order valence-corrected chi connectivity index (χ4v) is 8.37. The molecule has 4 aromatic heterocycles. The minimum Gasteiger partial charge on any atom is -0.494 e. The summed E-state index contributed by atoms with van der Waals surface area (Å²) in [6.07, 6.45) is 3.25. The third kappa shape index (κ3) is 5.64. The second-order valence-corrected chi connectivity index (χ2v) is 14.8. The van der Waals surface area contributed by atoms with Crippen molar-refractivity contribution in [3.63, 3.8) is 0 Å². The van der Waals surface area contributed by atoms with E-state index in [4.69, 9.17) is 37.5 Å². The van der Waals surface area contributed by atoms with Crippen molar-refractivity contribution >= 4 is 56.6 Å². The van der Waals surface area contributed by atoms with Crippen LogP contribution in [0.2, 0.25) is 10.0 Å². The zero-order valence-electron chi connectivity index (χ0n) is 30.6. The number of amides is 1. The van der Waals surface area contributed by atoms with Gasteiger partial charge in [-0.1, -0.05) is 29.3 Å². The van der Waals surface area contributed by atoms with Crippen LogP contribution in [0.3, 0.4) is 0 Å². The quantitative estimate of drug-likeness (QED) is 0.156. The molecule has 272 valence electrons. The van der Waals surface area contributed by atoms with Crippen molar-refractivity contribution in [1.29, 1.82) is 0 Å². The Balaban J connectivity index is 1.26. The molecule has 0 bridgehead atoms. The summed E-state index contributed by atoms with van der Waals surface area (Å²) in [5.74, 6) is 0.216. The SMILES string of the molecule is Cc1cc(OCCCc2c3n(c4c(-c5c(C)nn(C)c5C)c(Cl)ccc24)[C@H](C)CN(c2cn(C)c4ccc(-c5n[nH]c(=O)o5)cc24)C3=O)cc(C)c1Cl. The molecule has 5 heterocycles. The Hall–Kier alpha value is -5.26. The van der Waals surface area contributed by atoms with Gasteiger partial charge in [0.05, 0.1) is 28.5 Å². The van der Waals surface area contributed by atoms with E-state index in [1.54, 1.807) is 0 Å². The van der Waals surface area contributed by atoms with E-state index < -0.39 is 5.76 Å².